The van der Waals surface area contributed by atoms with E-state index >= 15 is 0 Å². The summed E-state index contributed by atoms with van der Waals surface area (Å²) in [6.07, 6.45) is 3.69. The summed E-state index contributed by atoms with van der Waals surface area (Å²) >= 11 is -0.771. The Hall–Kier alpha value is 0.189. The summed E-state index contributed by atoms with van der Waals surface area (Å²) < 4.78 is 15.0. The topological polar surface area (TPSA) is 0 Å². The van der Waals surface area contributed by atoms with Crippen LogP contribution in [0.5, 0.6) is 0 Å². The van der Waals surface area contributed by atoms with Crippen LogP contribution in [0.4, 0.5) is 4.39 Å². The Morgan fingerprint density at radius 2 is 1.43 bits per heavy atom. The molecule has 0 N–H and O–H groups in total. The minimum absolute atomic E-state index is 0.225. The summed E-state index contributed by atoms with van der Waals surface area (Å²) in [5.41, 5.74) is 0. The second-order valence-electron chi connectivity index (χ2n) is 3.40. The average Bonchev–Trinajstić information content (AvgIpc) is 2.18. The van der Waals surface area contributed by atoms with Gasteiger partial charge in [-0.25, -0.2) is 0 Å². The van der Waals surface area contributed by atoms with Gasteiger partial charge >= 0.3 is 92.6 Å². The Bertz CT molecular complexity index is 171. The van der Waals surface area contributed by atoms with Crippen molar-refractivity contribution in [1.82, 2.24) is 0 Å². The van der Waals surface area contributed by atoms with Crippen molar-refractivity contribution < 1.29 is 4.39 Å². The maximum absolute atomic E-state index is 13.8. The van der Waals surface area contributed by atoms with Crippen LogP contribution in [0.25, 0.3) is 0 Å². The molecule has 14 heavy (non-hydrogen) atoms. The van der Waals surface area contributed by atoms with Gasteiger partial charge in [0.2, 0.25) is 0 Å². The third kappa shape index (κ3) is 4.61. The third-order valence-electron chi connectivity index (χ3n) is 2.29. The second-order valence-corrected chi connectivity index (χ2v) is 8.92. The van der Waals surface area contributed by atoms with Crippen LogP contribution >= 0.6 is 0 Å². The standard InChI is InChI=1S/C12H24FSe/c1-5-9-11(13)12(10-6-2)14(7-3)8-4/h5-10H2,1-4H3/q+1/b12-11+. The van der Waals surface area contributed by atoms with Crippen LogP contribution in [0, 0.1) is 0 Å². The SMILES string of the molecule is CCC/C(F)=C(/CCC)[Se+](CC)CC. The molecule has 0 amide bonds. The molecule has 0 aromatic carbocycles. The predicted octanol–water partition coefficient (Wildman–Crippen LogP) is 4.88. The molecule has 0 heterocycles. The van der Waals surface area contributed by atoms with Gasteiger partial charge in [-0.05, 0) is 0 Å². The molecular weight excluding hydrogens is 242 g/mol. The van der Waals surface area contributed by atoms with Crippen LogP contribution in [0.1, 0.15) is 53.4 Å². The Labute approximate surface area is 92.9 Å². The van der Waals surface area contributed by atoms with E-state index in [9.17, 15) is 4.39 Å². The summed E-state index contributed by atoms with van der Waals surface area (Å²) in [6, 6.07) is 0. The number of hydrogen-bond acceptors (Lipinski definition) is 0. The Kier molecular flexibility index (Phi) is 8.61. The molecule has 0 saturated carbocycles. The van der Waals surface area contributed by atoms with E-state index < -0.39 is 13.9 Å². The fraction of sp³-hybridized carbons (Fsp3) is 0.833. The van der Waals surface area contributed by atoms with Crippen LogP contribution in [0.2, 0.25) is 10.6 Å². The van der Waals surface area contributed by atoms with Crippen LogP contribution in [-0.2, 0) is 0 Å². The van der Waals surface area contributed by atoms with Gasteiger partial charge in [0.05, 0.1) is 0 Å². The fourth-order valence-electron chi connectivity index (χ4n) is 1.58. The molecule has 0 aliphatic rings. The molecule has 0 spiro atoms. The zero-order valence-electron chi connectivity index (χ0n) is 10.0. The fourth-order valence-corrected chi connectivity index (χ4v) is 5.80. The minimum atomic E-state index is -0.771. The van der Waals surface area contributed by atoms with Crippen molar-refractivity contribution in [3.63, 3.8) is 0 Å². The molecular formula is C12H24FSe+. The second kappa shape index (κ2) is 8.49. The van der Waals surface area contributed by atoms with Gasteiger partial charge in [-0.2, -0.15) is 0 Å². The molecule has 84 valence electrons. The van der Waals surface area contributed by atoms with E-state index in [1.807, 2.05) is 0 Å². The van der Waals surface area contributed by atoms with Crippen LogP contribution < -0.4 is 0 Å². The molecule has 0 atom stereocenters. The number of allylic oxidation sites excluding steroid dienone is 2. The van der Waals surface area contributed by atoms with E-state index in [-0.39, 0.29) is 5.83 Å². The van der Waals surface area contributed by atoms with Gasteiger partial charge in [-0.3, -0.25) is 0 Å². The van der Waals surface area contributed by atoms with Gasteiger partial charge < -0.3 is 0 Å². The quantitative estimate of drug-likeness (QED) is 0.576. The third-order valence-corrected chi connectivity index (χ3v) is 7.57. The summed E-state index contributed by atoms with van der Waals surface area (Å²) in [7, 11) is 0. The number of rotatable bonds is 7. The first-order valence-corrected chi connectivity index (χ1v) is 9.04. The van der Waals surface area contributed by atoms with Crippen LogP contribution in [0.3, 0.4) is 0 Å². The van der Waals surface area contributed by atoms with Crippen molar-refractivity contribution >= 4 is 13.9 Å². The van der Waals surface area contributed by atoms with Gasteiger partial charge in [-0.1, -0.05) is 0 Å². The molecule has 0 nitrogen and oxygen atoms in total. The number of halogens is 1. The van der Waals surface area contributed by atoms with E-state index in [1.165, 1.54) is 15.1 Å². The summed E-state index contributed by atoms with van der Waals surface area (Å²) in [5, 5.41) is 2.39. The van der Waals surface area contributed by atoms with E-state index in [1.54, 1.807) is 0 Å². The molecule has 0 aliphatic heterocycles. The van der Waals surface area contributed by atoms with Crippen molar-refractivity contribution in [3.8, 4) is 0 Å². The molecule has 0 unspecified atom stereocenters. The van der Waals surface area contributed by atoms with Crippen molar-refractivity contribution in [2.45, 2.75) is 64.0 Å². The first kappa shape index (κ1) is 14.2. The van der Waals surface area contributed by atoms with E-state index in [0.29, 0.717) is 6.42 Å². The first-order valence-electron chi connectivity index (χ1n) is 5.76. The molecule has 0 aromatic rings. The van der Waals surface area contributed by atoms with Gasteiger partial charge in [0.15, 0.2) is 0 Å². The number of hydrogen-bond donors (Lipinski definition) is 0. The van der Waals surface area contributed by atoms with Gasteiger partial charge in [0.25, 0.3) is 0 Å². The monoisotopic (exact) mass is 267 g/mol. The van der Waals surface area contributed by atoms with Crippen molar-refractivity contribution in [2.24, 2.45) is 0 Å². The summed E-state index contributed by atoms with van der Waals surface area (Å²) in [5.74, 6) is 0.225. The van der Waals surface area contributed by atoms with Crippen molar-refractivity contribution in [1.29, 1.82) is 0 Å². The normalized spacial score (nSPS) is 13.3. The van der Waals surface area contributed by atoms with Crippen LogP contribution in [-0.4, -0.2) is 13.9 Å². The predicted molar refractivity (Wildman–Crippen MR) is 64.7 cm³/mol. The van der Waals surface area contributed by atoms with E-state index in [4.69, 9.17) is 0 Å². The van der Waals surface area contributed by atoms with Gasteiger partial charge in [-0.15, -0.1) is 0 Å². The van der Waals surface area contributed by atoms with Gasteiger partial charge in [0.1, 0.15) is 0 Å². The zero-order chi connectivity index (χ0) is 11.0. The maximum atomic E-state index is 13.8. The Morgan fingerprint density at radius 3 is 1.79 bits per heavy atom. The van der Waals surface area contributed by atoms with Crippen molar-refractivity contribution in [2.75, 3.05) is 0 Å². The summed E-state index contributed by atoms with van der Waals surface area (Å²) in [4.78, 5) is 0. The molecule has 0 aliphatic carbocycles. The molecule has 2 heteroatoms. The molecule has 0 radical (unpaired) electrons. The summed E-state index contributed by atoms with van der Waals surface area (Å²) in [6.45, 7) is 8.62. The Balaban J connectivity index is 4.61. The molecule has 0 saturated heterocycles. The molecule has 0 rings (SSSR count). The zero-order valence-corrected chi connectivity index (χ0v) is 11.7. The first-order chi connectivity index (χ1) is 6.71. The van der Waals surface area contributed by atoms with Gasteiger partial charge in [0, 0.05) is 0 Å². The van der Waals surface area contributed by atoms with E-state index in [0.717, 1.165) is 19.3 Å². The molecule has 0 aromatic heterocycles. The average molecular weight is 266 g/mol. The van der Waals surface area contributed by atoms with E-state index in [2.05, 4.69) is 27.7 Å². The van der Waals surface area contributed by atoms with Crippen LogP contribution in [0.15, 0.2) is 10.3 Å². The Morgan fingerprint density at radius 1 is 0.929 bits per heavy atom. The molecule has 0 fully saturated rings. The molecule has 0 bridgehead atoms. The van der Waals surface area contributed by atoms with Crippen molar-refractivity contribution in [3.05, 3.63) is 10.3 Å².